The van der Waals surface area contributed by atoms with Gasteiger partial charge in [0, 0.05) is 25.3 Å². The van der Waals surface area contributed by atoms with Gasteiger partial charge < -0.3 is 10.3 Å². The van der Waals surface area contributed by atoms with Crippen molar-refractivity contribution in [2.75, 3.05) is 24.7 Å². The van der Waals surface area contributed by atoms with Crippen LogP contribution in [0.1, 0.15) is 25.7 Å². The van der Waals surface area contributed by atoms with Crippen molar-refractivity contribution in [3.05, 3.63) is 18.5 Å². The van der Waals surface area contributed by atoms with Crippen molar-refractivity contribution in [2.24, 2.45) is 0 Å². The van der Waals surface area contributed by atoms with Crippen molar-refractivity contribution in [1.82, 2.24) is 24.6 Å². The van der Waals surface area contributed by atoms with Crippen LogP contribution >= 0.6 is 0 Å². The summed E-state index contributed by atoms with van der Waals surface area (Å²) in [5.74, 6) is 0.361. The molecule has 2 aromatic rings. The molecule has 0 aromatic carbocycles. The average molecular weight is 366 g/mol. The summed E-state index contributed by atoms with van der Waals surface area (Å²) < 4.78 is 25.2. The number of aromatic amines is 1. The molecule has 0 spiro atoms. The number of carbonyl (C=O) groups is 1. The Kier molecular flexibility index (Phi) is 5.19. The van der Waals surface area contributed by atoms with E-state index in [-0.39, 0.29) is 12.1 Å². The van der Waals surface area contributed by atoms with Gasteiger partial charge in [0.1, 0.15) is 5.52 Å². The molecule has 1 saturated heterocycles. The standard InChI is InChI=1S/C15H22N6O3S/c1-25(23,24)21-9-3-2-4-11(21)5-7-17-15(22)20-13-10-18-14-12(19-13)6-8-16-14/h6,8,10-11H,2-5,7,9H2,1H3,(H,16,18)(H2,17,19,20,22). The molecule has 2 aromatic heterocycles. The van der Waals surface area contributed by atoms with E-state index in [2.05, 4.69) is 25.6 Å². The Hall–Kier alpha value is -2.20. The number of nitrogens with zero attached hydrogens (tertiary/aromatic N) is 3. The number of carbonyl (C=O) groups excluding carboxylic acids is 1. The zero-order valence-corrected chi connectivity index (χ0v) is 14.8. The molecule has 10 heteroatoms. The van der Waals surface area contributed by atoms with Crippen LogP contribution in [0, 0.1) is 0 Å². The molecule has 3 heterocycles. The van der Waals surface area contributed by atoms with E-state index in [0.717, 1.165) is 19.3 Å². The normalized spacial score (nSPS) is 19.0. The largest absolute Gasteiger partial charge is 0.345 e. The molecule has 1 aliphatic rings. The van der Waals surface area contributed by atoms with Gasteiger partial charge in [0.05, 0.1) is 12.5 Å². The zero-order valence-electron chi connectivity index (χ0n) is 14.0. The van der Waals surface area contributed by atoms with E-state index in [4.69, 9.17) is 0 Å². The smallest absolute Gasteiger partial charge is 0.320 e. The van der Waals surface area contributed by atoms with E-state index in [1.54, 1.807) is 16.6 Å². The molecule has 9 nitrogen and oxygen atoms in total. The van der Waals surface area contributed by atoms with Crippen LogP contribution in [-0.4, -0.2) is 59.1 Å². The first kappa shape index (κ1) is 17.6. The Morgan fingerprint density at radius 3 is 3.08 bits per heavy atom. The van der Waals surface area contributed by atoms with Gasteiger partial charge in [0.15, 0.2) is 11.5 Å². The molecule has 0 bridgehead atoms. The number of H-pyrrole nitrogens is 1. The summed E-state index contributed by atoms with van der Waals surface area (Å²) in [4.78, 5) is 23.3. The highest BCUT2D eigenvalue weighted by atomic mass is 32.2. The number of sulfonamides is 1. The lowest BCUT2D eigenvalue weighted by Gasteiger charge is -2.33. The number of rotatable bonds is 5. The fraction of sp³-hybridized carbons (Fsp3) is 0.533. The van der Waals surface area contributed by atoms with Crippen LogP contribution in [-0.2, 0) is 10.0 Å². The second-order valence-electron chi connectivity index (χ2n) is 6.16. The Balaban J connectivity index is 1.50. The van der Waals surface area contributed by atoms with Crippen LogP contribution in [0.25, 0.3) is 11.2 Å². The van der Waals surface area contributed by atoms with Gasteiger partial charge in [-0.3, -0.25) is 5.32 Å². The number of piperidine rings is 1. The summed E-state index contributed by atoms with van der Waals surface area (Å²) in [6.07, 6.45) is 7.75. The van der Waals surface area contributed by atoms with Crippen LogP contribution in [0.5, 0.6) is 0 Å². The van der Waals surface area contributed by atoms with Gasteiger partial charge in [-0.05, 0) is 25.3 Å². The lowest BCUT2D eigenvalue weighted by Crippen LogP contribution is -2.44. The third kappa shape index (κ3) is 4.45. The molecular weight excluding hydrogens is 344 g/mol. The molecular formula is C15H22N6O3S. The quantitative estimate of drug-likeness (QED) is 0.736. The highest BCUT2D eigenvalue weighted by Gasteiger charge is 2.28. The van der Waals surface area contributed by atoms with Gasteiger partial charge >= 0.3 is 6.03 Å². The van der Waals surface area contributed by atoms with Gasteiger partial charge in [0.2, 0.25) is 10.0 Å². The topological polar surface area (TPSA) is 120 Å². The summed E-state index contributed by atoms with van der Waals surface area (Å²) in [6.45, 7) is 0.949. The minimum atomic E-state index is -3.21. The first-order chi connectivity index (χ1) is 11.9. The molecule has 0 aliphatic carbocycles. The average Bonchev–Trinajstić information content (AvgIpc) is 3.02. The summed E-state index contributed by atoms with van der Waals surface area (Å²) in [5.41, 5.74) is 1.33. The number of urea groups is 1. The van der Waals surface area contributed by atoms with Crippen LogP contribution in [0.4, 0.5) is 10.6 Å². The lowest BCUT2D eigenvalue weighted by atomic mass is 10.0. The van der Waals surface area contributed by atoms with Gasteiger partial charge in [-0.2, -0.15) is 4.31 Å². The van der Waals surface area contributed by atoms with Gasteiger partial charge in [-0.15, -0.1) is 0 Å². The lowest BCUT2D eigenvalue weighted by molar-refractivity contribution is 0.235. The van der Waals surface area contributed by atoms with Crippen molar-refractivity contribution < 1.29 is 13.2 Å². The van der Waals surface area contributed by atoms with Crippen LogP contribution in [0.15, 0.2) is 18.5 Å². The summed E-state index contributed by atoms with van der Waals surface area (Å²) in [5, 5.41) is 5.38. The molecule has 1 unspecified atom stereocenters. The molecule has 136 valence electrons. The number of aromatic nitrogens is 3. The second-order valence-corrected chi connectivity index (χ2v) is 8.09. The molecule has 0 saturated carbocycles. The summed E-state index contributed by atoms with van der Waals surface area (Å²) >= 11 is 0. The van der Waals surface area contributed by atoms with Gasteiger partial charge in [-0.25, -0.2) is 23.2 Å². The molecule has 0 radical (unpaired) electrons. The van der Waals surface area contributed by atoms with Crippen molar-refractivity contribution in [2.45, 2.75) is 31.7 Å². The fourth-order valence-electron chi connectivity index (χ4n) is 3.10. The predicted octanol–water partition coefficient (Wildman–Crippen LogP) is 1.28. The Labute approximate surface area is 146 Å². The van der Waals surface area contributed by atoms with Gasteiger partial charge in [-0.1, -0.05) is 6.42 Å². The van der Waals surface area contributed by atoms with E-state index in [0.29, 0.717) is 36.5 Å². The minimum Gasteiger partial charge on any atom is -0.345 e. The monoisotopic (exact) mass is 366 g/mol. The second kappa shape index (κ2) is 7.36. The molecule has 1 aliphatic heterocycles. The SMILES string of the molecule is CS(=O)(=O)N1CCCCC1CCNC(=O)Nc1cnc2[nH]ccc2n1. The molecule has 3 rings (SSSR count). The van der Waals surface area contributed by atoms with Crippen molar-refractivity contribution in [3.8, 4) is 0 Å². The van der Waals surface area contributed by atoms with E-state index < -0.39 is 10.0 Å². The fourth-order valence-corrected chi connectivity index (χ4v) is 4.32. The first-order valence-corrected chi connectivity index (χ1v) is 10.1. The number of hydrogen-bond donors (Lipinski definition) is 3. The maximum absolute atomic E-state index is 12.0. The highest BCUT2D eigenvalue weighted by Crippen LogP contribution is 2.21. The minimum absolute atomic E-state index is 0.0555. The Morgan fingerprint density at radius 1 is 1.44 bits per heavy atom. The molecule has 1 atom stereocenters. The van der Waals surface area contributed by atoms with E-state index in [1.807, 2.05) is 0 Å². The highest BCUT2D eigenvalue weighted by molar-refractivity contribution is 7.88. The van der Waals surface area contributed by atoms with Crippen molar-refractivity contribution >= 4 is 33.0 Å². The summed E-state index contributed by atoms with van der Waals surface area (Å²) in [6, 6.07) is 1.33. The Morgan fingerprint density at radius 2 is 2.28 bits per heavy atom. The number of nitrogens with one attached hydrogen (secondary N) is 3. The van der Waals surface area contributed by atoms with E-state index >= 15 is 0 Å². The third-order valence-electron chi connectivity index (χ3n) is 4.26. The molecule has 1 fully saturated rings. The number of fused-ring (bicyclic) bond motifs is 1. The third-order valence-corrected chi connectivity index (χ3v) is 5.60. The van der Waals surface area contributed by atoms with Crippen LogP contribution < -0.4 is 10.6 Å². The number of amides is 2. The van der Waals surface area contributed by atoms with Gasteiger partial charge in [0.25, 0.3) is 0 Å². The molecule has 3 N–H and O–H groups in total. The number of anilines is 1. The maximum atomic E-state index is 12.0. The molecule has 2 amide bonds. The van der Waals surface area contributed by atoms with Crippen LogP contribution in [0.3, 0.4) is 0 Å². The number of hydrogen-bond acceptors (Lipinski definition) is 5. The van der Waals surface area contributed by atoms with Crippen molar-refractivity contribution in [3.63, 3.8) is 0 Å². The maximum Gasteiger partial charge on any atom is 0.320 e. The van der Waals surface area contributed by atoms with E-state index in [1.165, 1.54) is 12.5 Å². The zero-order chi connectivity index (χ0) is 17.9. The Bertz CT molecular complexity index is 850. The summed E-state index contributed by atoms with van der Waals surface area (Å²) in [7, 11) is -3.21. The van der Waals surface area contributed by atoms with Crippen molar-refractivity contribution in [1.29, 1.82) is 0 Å². The van der Waals surface area contributed by atoms with Crippen LogP contribution in [0.2, 0.25) is 0 Å². The predicted molar refractivity (Wildman–Crippen MR) is 94.7 cm³/mol. The molecule has 25 heavy (non-hydrogen) atoms. The van der Waals surface area contributed by atoms with E-state index in [9.17, 15) is 13.2 Å². The first-order valence-electron chi connectivity index (χ1n) is 8.25.